The van der Waals surface area contributed by atoms with Crippen LogP contribution in [0.25, 0.3) is 0 Å². The molecule has 9 heteroatoms. The number of carbonyl (C=O) groups is 2. The van der Waals surface area contributed by atoms with E-state index >= 15 is 0 Å². The smallest absolute Gasteiger partial charge is 0.222 e. The first-order valence-electron chi connectivity index (χ1n) is 13.3. The quantitative estimate of drug-likeness (QED) is 0.251. The third-order valence-corrected chi connectivity index (χ3v) is 6.58. The summed E-state index contributed by atoms with van der Waals surface area (Å²) in [6.45, 7) is 6.36. The van der Waals surface area contributed by atoms with Crippen LogP contribution >= 0.6 is 23.2 Å². The maximum atomic E-state index is 12.8. The summed E-state index contributed by atoms with van der Waals surface area (Å²) >= 11 is 12.3. The van der Waals surface area contributed by atoms with Crippen molar-refractivity contribution in [3.05, 3.63) is 63.6 Å². The van der Waals surface area contributed by atoms with Crippen molar-refractivity contribution < 1.29 is 19.4 Å². The maximum absolute atomic E-state index is 12.8. The number of nitrogens with zero attached hydrogens (tertiary/aromatic N) is 1. The van der Waals surface area contributed by atoms with Crippen LogP contribution in [-0.4, -0.2) is 60.7 Å². The van der Waals surface area contributed by atoms with E-state index in [1.165, 1.54) is 0 Å². The molecule has 7 nitrogen and oxygen atoms in total. The maximum Gasteiger partial charge on any atom is 0.222 e. The van der Waals surface area contributed by atoms with E-state index in [2.05, 4.69) is 10.6 Å². The molecule has 2 amide bonds. The van der Waals surface area contributed by atoms with Gasteiger partial charge in [0.25, 0.3) is 0 Å². The second-order valence-electron chi connectivity index (χ2n) is 9.44. The van der Waals surface area contributed by atoms with Gasteiger partial charge in [-0.3, -0.25) is 9.59 Å². The molecule has 0 aliphatic rings. The van der Waals surface area contributed by atoms with E-state index in [4.69, 9.17) is 27.9 Å². The Morgan fingerprint density at radius 1 is 1.00 bits per heavy atom. The van der Waals surface area contributed by atoms with Gasteiger partial charge in [-0.15, -0.1) is 0 Å². The Hall–Kier alpha value is -2.32. The number of ether oxygens (including phenoxy) is 1. The van der Waals surface area contributed by atoms with Gasteiger partial charge in [0.15, 0.2) is 0 Å². The monoisotopic (exact) mass is 565 g/mol. The minimum absolute atomic E-state index is 0.0772. The fourth-order valence-electron chi connectivity index (χ4n) is 4.29. The fourth-order valence-corrected chi connectivity index (χ4v) is 4.86. The number of rotatable bonds is 17. The lowest BCUT2D eigenvalue weighted by atomic mass is 10.0. The number of hydrogen-bond acceptors (Lipinski definition) is 5. The van der Waals surface area contributed by atoms with Gasteiger partial charge in [-0.2, -0.15) is 0 Å². The van der Waals surface area contributed by atoms with Crippen LogP contribution in [0.4, 0.5) is 0 Å². The lowest BCUT2D eigenvalue weighted by molar-refractivity contribution is -0.131. The van der Waals surface area contributed by atoms with E-state index in [0.29, 0.717) is 35.9 Å². The molecule has 0 radical (unpaired) electrons. The van der Waals surface area contributed by atoms with Crippen LogP contribution < -0.4 is 15.4 Å². The molecule has 0 bridgehead atoms. The van der Waals surface area contributed by atoms with E-state index < -0.39 is 12.1 Å². The molecule has 0 aromatic heterocycles. The van der Waals surface area contributed by atoms with Crippen molar-refractivity contribution in [1.82, 2.24) is 15.5 Å². The number of halogens is 2. The van der Waals surface area contributed by atoms with Gasteiger partial charge in [-0.1, -0.05) is 49.2 Å². The van der Waals surface area contributed by atoms with Gasteiger partial charge in [0.05, 0.1) is 19.3 Å². The van der Waals surface area contributed by atoms with Crippen LogP contribution in [0, 0.1) is 0 Å². The van der Waals surface area contributed by atoms with Crippen molar-refractivity contribution in [3.63, 3.8) is 0 Å². The number of amides is 2. The molecule has 0 heterocycles. The highest BCUT2D eigenvalue weighted by molar-refractivity contribution is 6.34. The number of aliphatic hydroxyl groups excluding tert-OH is 1. The summed E-state index contributed by atoms with van der Waals surface area (Å²) in [6.07, 6.45) is 2.29. The number of hydrogen-bond donors (Lipinski definition) is 3. The van der Waals surface area contributed by atoms with Gasteiger partial charge in [-0.25, -0.2) is 0 Å². The highest BCUT2D eigenvalue weighted by Crippen LogP contribution is 2.21. The number of carbonyl (C=O) groups excluding carboxylic acids is 2. The Kier molecular flexibility index (Phi) is 14.5. The summed E-state index contributed by atoms with van der Waals surface area (Å²) in [6, 6.07) is 12.3. The molecule has 2 atom stereocenters. The Morgan fingerprint density at radius 3 is 2.32 bits per heavy atom. The number of nitrogens with one attached hydrogen (secondary N) is 2. The molecule has 0 saturated carbocycles. The molecule has 2 aromatic carbocycles. The van der Waals surface area contributed by atoms with Gasteiger partial charge in [0, 0.05) is 49.1 Å². The molecular formula is C29H41Cl2N3O4. The van der Waals surface area contributed by atoms with E-state index in [9.17, 15) is 14.7 Å². The lowest BCUT2D eigenvalue weighted by Crippen LogP contribution is -2.48. The number of methoxy groups -OCH3 is 1. The van der Waals surface area contributed by atoms with Gasteiger partial charge in [0.1, 0.15) is 5.75 Å². The highest BCUT2D eigenvalue weighted by Gasteiger charge is 2.22. The lowest BCUT2D eigenvalue weighted by Gasteiger charge is -2.25. The number of aliphatic hydroxyl groups is 1. The first-order chi connectivity index (χ1) is 18.2. The van der Waals surface area contributed by atoms with Crippen molar-refractivity contribution in [2.24, 2.45) is 0 Å². The first kappa shape index (κ1) is 31.9. The van der Waals surface area contributed by atoms with Gasteiger partial charge in [0.2, 0.25) is 11.8 Å². The SMILES string of the molecule is CCCN(CCC)C(=O)CCCC(=O)N[C@@H](Cc1cc(Cl)cc(Cl)c1)[C@H](O)CNCc1cccc(OC)c1. The molecule has 0 unspecified atom stereocenters. The molecular weight excluding hydrogens is 525 g/mol. The minimum atomic E-state index is -0.867. The summed E-state index contributed by atoms with van der Waals surface area (Å²) in [4.78, 5) is 27.2. The molecule has 2 aromatic rings. The van der Waals surface area contributed by atoms with Crippen LogP contribution in [0.1, 0.15) is 57.1 Å². The van der Waals surface area contributed by atoms with Crippen molar-refractivity contribution in [3.8, 4) is 5.75 Å². The standard InChI is InChI=1S/C29H41Cl2N3O4/c1-4-12-34(13-5-2)29(37)11-7-10-28(36)33-26(17-22-14-23(30)18-24(31)15-22)27(35)20-32-19-21-8-6-9-25(16-21)38-3/h6,8-9,14-16,18,26-27,32,35H,4-5,7,10-13,17,19-20H2,1-3H3,(H,33,36)/t26-,27+/m0/s1. The van der Waals surface area contributed by atoms with Crippen LogP contribution in [-0.2, 0) is 22.6 Å². The second kappa shape index (κ2) is 17.3. The van der Waals surface area contributed by atoms with Gasteiger partial charge < -0.3 is 25.4 Å². The Balaban J connectivity index is 1.97. The summed E-state index contributed by atoms with van der Waals surface area (Å²) in [5, 5.41) is 18.2. The normalized spacial score (nSPS) is 12.6. The summed E-state index contributed by atoms with van der Waals surface area (Å²) in [5.41, 5.74) is 1.83. The van der Waals surface area contributed by atoms with Gasteiger partial charge in [-0.05, 0) is 67.1 Å². The van der Waals surface area contributed by atoms with Crippen LogP contribution in [0.2, 0.25) is 10.0 Å². The predicted octanol–water partition coefficient (Wildman–Crippen LogP) is 5.00. The van der Waals surface area contributed by atoms with Crippen LogP contribution in [0.5, 0.6) is 5.75 Å². The average Bonchev–Trinajstić information content (AvgIpc) is 2.87. The Morgan fingerprint density at radius 2 is 1.68 bits per heavy atom. The zero-order valence-corrected chi connectivity index (χ0v) is 24.2. The van der Waals surface area contributed by atoms with Crippen molar-refractivity contribution in [1.29, 1.82) is 0 Å². The molecule has 38 heavy (non-hydrogen) atoms. The largest absolute Gasteiger partial charge is 0.497 e. The van der Waals surface area contributed by atoms with Crippen molar-refractivity contribution in [2.75, 3.05) is 26.7 Å². The van der Waals surface area contributed by atoms with E-state index in [1.807, 2.05) is 43.0 Å². The van der Waals surface area contributed by atoms with Crippen molar-refractivity contribution >= 4 is 35.0 Å². The zero-order valence-electron chi connectivity index (χ0n) is 22.6. The third kappa shape index (κ3) is 11.6. The predicted molar refractivity (Wildman–Crippen MR) is 154 cm³/mol. The van der Waals surface area contributed by atoms with Crippen LogP contribution in [0.15, 0.2) is 42.5 Å². The molecule has 0 aliphatic carbocycles. The van der Waals surface area contributed by atoms with Crippen LogP contribution in [0.3, 0.4) is 0 Å². The highest BCUT2D eigenvalue weighted by atomic mass is 35.5. The van der Waals surface area contributed by atoms with E-state index in [1.54, 1.807) is 25.3 Å². The summed E-state index contributed by atoms with van der Waals surface area (Å²) < 4.78 is 5.26. The molecule has 2 rings (SSSR count). The fraction of sp³-hybridized carbons (Fsp3) is 0.517. The molecule has 0 aliphatic heterocycles. The molecule has 3 N–H and O–H groups in total. The molecule has 210 valence electrons. The minimum Gasteiger partial charge on any atom is -0.497 e. The second-order valence-corrected chi connectivity index (χ2v) is 10.3. The number of benzene rings is 2. The van der Waals surface area contributed by atoms with Crippen molar-refractivity contribution in [2.45, 2.75) is 71.1 Å². The Labute approximate surface area is 236 Å². The average molecular weight is 567 g/mol. The first-order valence-corrected chi connectivity index (χ1v) is 14.0. The summed E-state index contributed by atoms with van der Waals surface area (Å²) in [5.74, 6) is 0.632. The molecule has 0 saturated heterocycles. The van der Waals surface area contributed by atoms with E-state index in [-0.39, 0.29) is 24.8 Å². The van der Waals surface area contributed by atoms with Gasteiger partial charge >= 0.3 is 0 Å². The molecule has 0 spiro atoms. The molecule has 0 fully saturated rings. The van der Waals surface area contributed by atoms with E-state index in [0.717, 1.165) is 42.8 Å². The topological polar surface area (TPSA) is 90.9 Å². The zero-order chi connectivity index (χ0) is 27.9. The third-order valence-electron chi connectivity index (χ3n) is 6.14. The Bertz CT molecular complexity index is 995. The summed E-state index contributed by atoms with van der Waals surface area (Å²) in [7, 11) is 1.62.